The molecule has 0 radical (unpaired) electrons. The number of hydrogen-bond donors (Lipinski definition) is 0. The lowest BCUT2D eigenvalue weighted by molar-refractivity contribution is -0.276. The summed E-state index contributed by atoms with van der Waals surface area (Å²) in [4.78, 5) is 3.70. The van der Waals surface area contributed by atoms with Crippen LogP contribution in [0, 0.1) is 0 Å². The van der Waals surface area contributed by atoms with E-state index in [1.807, 2.05) is 0 Å². The molecule has 5 rings (SSSR count). The molecule has 0 aliphatic rings. The number of rotatable bonds is 7. The maximum atomic E-state index is 12.6. The number of pyridine rings is 1. The highest BCUT2D eigenvalue weighted by Gasteiger charge is 2.38. The van der Waals surface area contributed by atoms with Crippen molar-refractivity contribution in [1.29, 1.82) is 0 Å². The zero-order valence-corrected chi connectivity index (χ0v) is 55.1. The van der Waals surface area contributed by atoms with Crippen molar-refractivity contribution < 1.29 is 49.0 Å². The largest absolute Gasteiger partial charge is 0.574 e. The Morgan fingerprint density at radius 2 is 0.741 bits per heavy atom. The van der Waals surface area contributed by atoms with Crippen LogP contribution >= 0.6 is 15.9 Å². The van der Waals surface area contributed by atoms with E-state index in [1.165, 1.54) is 71.5 Å². The molecule has 0 N–H and O–H groups in total. The van der Waals surface area contributed by atoms with Gasteiger partial charge in [0.05, 0.1) is 18.2 Å². The molecular formula is C68H97BrF9NO2. The van der Waals surface area contributed by atoms with Crippen molar-refractivity contribution in [3.05, 3.63) is 156 Å². The monoisotopic (exact) mass is 1210 g/mol. The van der Waals surface area contributed by atoms with E-state index >= 15 is 0 Å². The third kappa shape index (κ3) is 24.7. The van der Waals surface area contributed by atoms with Gasteiger partial charge in [-0.2, -0.15) is 26.3 Å². The molecule has 0 aliphatic heterocycles. The van der Waals surface area contributed by atoms with Crippen molar-refractivity contribution in [1.82, 2.24) is 4.98 Å². The molecule has 4 aromatic carbocycles. The molecule has 81 heavy (non-hydrogen) atoms. The summed E-state index contributed by atoms with van der Waals surface area (Å²) in [7, 11) is 1.41. The average molecular weight is 1210 g/mol. The van der Waals surface area contributed by atoms with E-state index in [9.17, 15) is 39.5 Å². The van der Waals surface area contributed by atoms with E-state index in [-0.39, 0.29) is 43.2 Å². The van der Waals surface area contributed by atoms with Gasteiger partial charge >= 0.3 is 18.7 Å². The first-order valence-electron chi connectivity index (χ1n) is 27.9. The van der Waals surface area contributed by atoms with Crippen LogP contribution in [0.3, 0.4) is 0 Å². The maximum Gasteiger partial charge on any atom is 0.574 e. The molecule has 0 saturated heterocycles. The normalized spacial score (nSPS) is 12.8. The van der Waals surface area contributed by atoms with Gasteiger partial charge in [0.15, 0.2) is 10.4 Å². The number of aromatic nitrogens is 1. The summed E-state index contributed by atoms with van der Waals surface area (Å²) in [6.07, 6.45) is -14.0. The molecule has 0 fully saturated rings. The zero-order chi connectivity index (χ0) is 63.6. The minimum Gasteiger partial charge on any atom is -0.494 e. The Morgan fingerprint density at radius 1 is 0.370 bits per heavy atom. The Balaban J connectivity index is 0.000000508. The van der Waals surface area contributed by atoms with E-state index in [2.05, 4.69) is 232 Å². The first-order valence-corrected chi connectivity index (χ1v) is 28.7. The van der Waals surface area contributed by atoms with Gasteiger partial charge < -0.3 is 9.47 Å². The standard InChI is InChI=1S/2C17H28.C13H20.C11H10F6.C10H11BrF3NO2/c1-12(2)13-9-14(16(3,4)5)11-15(10-13)17(6,7)8;1-12(2)14-11-13(16(3,4)5)9-10-15(14)17(6,7)8;1-10(2)11-6-8-12(9-7-11)13(3,4)5;1-6(2)8-5-7(10(12,13)14)3-4-9(8)11(15,16)17;1-5(2)6-4-7(16-3)8(11)15-9(6)17-10(12,13)14/h2*9-12H,1-8H3;6-10H,1-5H3;3-6H,1-2H3;4-5H,1-3H3. The summed E-state index contributed by atoms with van der Waals surface area (Å²) in [6.45, 7) is 54.1. The maximum absolute atomic E-state index is 12.6. The van der Waals surface area contributed by atoms with Crippen LogP contribution < -0.4 is 9.47 Å². The van der Waals surface area contributed by atoms with Crippen molar-refractivity contribution in [3.63, 3.8) is 0 Å². The number of nitrogens with zero attached hydrogens (tertiary/aromatic N) is 1. The number of hydrogen-bond acceptors (Lipinski definition) is 3. The van der Waals surface area contributed by atoms with Crippen molar-refractivity contribution in [2.45, 2.75) is 248 Å². The minimum atomic E-state index is -4.76. The van der Waals surface area contributed by atoms with Gasteiger partial charge in [-0.1, -0.05) is 234 Å². The molecule has 0 atom stereocenters. The van der Waals surface area contributed by atoms with E-state index in [1.54, 1.807) is 13.8 Å². The van der Waals surface area contributed by atoms with Gasteiger partial charge in [0.1, 0.15) is 0 Å². The molecule has 3 nitrogen and oxygen atoms in total. The molecule has 0 bridgehead atoms. The van der Waals surface area contributed by atoms with Crippen molar-refractivity contribution in [3.8, 4) is 11.6 Å². The Hall–Kier alpha value is -4.52. The van der Waals surface area contributed by atoms with Gasteiger partial charge in [0.2, 0.25) is 5.88 Å². The van der Waals surface area contributed by atoms with Gasteiger partial charge in [-0.15, -0.1) is 13.2 Å². The third-order valence-corrected chi connectivity index (χ3v) is 14.0. The SMILES string of the molecule is CC(C)c1cc(C(C)(C)C)cc(C(C)(C)C)c1.CC(C)c1cc(C(C)(C)C)ccc1C(C)(C)C.CC(C)c1cc(C(F)(F)F)ccc1C(F)(F)F.CC(C)c1ccc(C(C)(C)C)cc1.COc1cc(C(C)C)c(OC(F)(F)F)nc1Br. The Labute approximate surface area is 491 Å². The molecule has 0 saturated carbocycles. The quantitative estimate of drug-likeness (QED) is 0.120. The third-order valence-electron chi connectivity index (χ3n) is 13.4. The molecule has 0 unspecified atom stereocenters. The summed E-state index contributed by atoms with van der Waals surface area (Å²) in [5.41, 5.74) is 10.8. The molecular weight excluding hydrogens is 1110 g/mol. The van der Waals surface area contributed by atoms with Crippen LogP contribution in [0.4, 0.5) is 39.5 Å². The molecule has 0 aliphatic carbocycles. The van der Waals surface area contributed by atoms with Crippen LogP contribution in [0.15, 0.2) is 89.5 Å². The number of benzene rings is 4. The van der Waals surface area contributed by atoms with Crippen LogP contribution in [0.5, 0.6) is 11.6 Å². The van der Waals surface area contributed by atoms with Gasteiger partial charge in [-0.25, -0.2) is 4.98 Å². The van der Waals surface area contributed by atoms with Gasteiger partial charge in [-0.05, 0) is 147 Å². The zero-order valence-electron chi connectivity index (χ0n) is 53.5. The van der Waals surface area contributed by atoms with Crippen LogP contribution in [-0.2, 0) is 39.4 Å². The van der Waals surface area contributed by atoms with Crippen molar-refractivity contribution in [2.75, 3.05) is 7.11 Å². The average Bonchev–Trinajstić information content (AvgIpc) is 3.29. The van der Waals surface area contributed by atoms with E-state index in [0.29, 0.717) is 47.3 Å². The lowest BCUT2D eigenvalue weighted by Crippen LogP contribution is -2.19. The number of methoxy groups -OCH3 is 1. The lowest BCUT2D eigenvalue weighted by Gasteiger charge is -2.28. The fraction of sp³-hybridized carbons (Fsp3) is 0.574. The number of ether oxygens (including phenoxy) is 2. The summed E-state index contributed by atoms with van der Waals surface area (Å²) in [5.74, 6) is 0.929. The lowest BCUT2D eigenvalue weighted by atomic mass is 9.77. The summed E-state index contributed by atoms with van der Waals surface area (Å²) in [5, 5.41) is 0. The van der Waals surface area contributed by atoms with E-state index in [0.717, 1.165) is 0 Å². The fourth-order valence-electron chi connectivity index (χ4n) is 8.10. The van der Waals surface area contributed by atoms with E-state index < -0.39 is 41.6 Å². The molecule has 456 valence electrons. The Kier molecular flexibility index (Phi) is 26.5. The molecule has 1 aromatic heterocycles. The minimum absolute atomic E-state index is 0.165. The summed E-state index contributed by atoms with van der Waals surface area (Å²) < 4.78 is 120. The molecule has 13 heteroatoms. The van der Waals surface area contributed by atoms with Gasteiger partial charge in [0, 0.05) is 5.56 Å². The first kappa shape index (κ1) is 74.5. The number of alkyl halides is 9. The molecule has 5 aromatic rings. The smallest absolute Gasteiger partial charge is 0.494 e. The van der Waals surface area contributed by atoms with Gasteiger partial charge in [-0.3, -0.25) is 0 Å². The molecule has 0 amide bonds. The molecule has 1 heterocycles. The summed E-state index contributed by atoms with van der Waals surface area (Å²) >= 11 is 3.01. The molecule has 0 spiro atoms. The van der Waals surface area contributed by atoms with Crippen molar-refractivity contribution >= 4 is 15.9 Å². The van der Waals surface area contributed by atoms with Crippen molar-refractivity contribution in [2.24, 2.45) is 0 Å². The predicted molar refractivity (Wildman–Crippen MR) is 325 cm³/mol. The fourth-order valence-corrected chi connectivity index (χ4v) is 8.54. The topological polar surface area (TPSA) is 31.4 Å². The highest BCUT2D eigenvalue weighted by molar-refractivity contribution is 9.10. The Morgan fingerprint density at radius 3 is 1.07 bits per heavy atom. The second kappa shape index (κ2) is 28.8. The van der Waals surface area contributed by atoms with Gasteiger partial charge in [0.25, 0.3) is 0 Å². The number of halogens is 10. The highest BCUT2D eigenvalue weighted by atomic mass is 79.9. The second-order valence-electron chi connectivity index (χ2n) is 27.5. The summed E-state index contributed by atoms with van der Waals surface area (Å²) in [6, 6.07) is 26.1. The Bertz CT molecular complexity index is 2620. The van der Waals surface area contributed by atoms with E-state index in [4.69, 9.17) is 4.74 Å². The van der Waals surface area contributed by atoms with Crippen LogP contribution in [0.1, 0.15) is 269 Å². The van der Waals surface area contributed by atoms with Crippen LogP contribution in [-0.4, -0.2) is 18.5 Å². The second-order valence-corrected chi connectivity index (χ2v) is 28.3. The van der Waals surface area contributed by atoms with Crippen LogP contribution in [0.2, 0.25) is 0 Å². The first-order chi connectivity index (χ1) is 36.2. The van der Waals surface area contributed by atoms with Crippen LogP contribution in [0.25, 0.3) is 0 Å². The highest BCUT2D eigenvalue weighted by Crippen LogP contribution is 2.41. The predicted octanol–water partition coefficient (Wildman–Crippen LogP) is 23.6.